The summed E-state index contributed by atoms with van der Waals surface area (Å²) in [5, 5.41) is 9.23. The molecule has 0 aliphatic carbocycles. The van der Waals surface area contributed by atoms with E-state index in [9.17, 15) is 9.90 Å². The van der Waals surface area contributed by atoms with Crippen LogP contribution >= 0.6 is 0 Å². The zero-order chi connectivity index (χ0) is 13.8. The van der Waals surface area contributed by atoms with E-state index in [2.05, 4.69) is 36.9 Å². The summed E-state index contributed by atoms with van der Waals surface area (Å²) in [4.78, 5) is 13.5. The zero-order valence-electron chi connectivity index (χ0n) is 11.9. The van der Waals surface area contributed by atoms with E-state index in [1.165, 1.54) is 16.8 Å². The fourth-order valence-corrected chi connectivity index (χ4v) is 3.00. The number of aliphatic carboxylic acids is 1. The maximum Gasteiger partial charge on any atom is 0.308 e. The molecule has 3 nitrogen and oxygen atoms in total. The molecule has 1 atom stereocenters. The molecule has 1 aromatic carbocycles. The molecule has 1 N–H and O–H groups in total. The summed E-state index contributed by atoms with van der Waals surface area (Å²) < 4.78 is 0. The number of benzene rings is 1. The second kappa shape index (κ2) is 6.09. The molecule has 1 aliphatic rings. The Morgan fingerprint density at radius 3 is 2.47 bits per heavy atom. The third kappa shape index (κ3) is 2.91. The van der Waals surface area contributed by atoms with Gasteiger partial charge in [0.15, 0.2) is 0 Å². The third-order valence-corrected chi connectivity index (χ3v) is 4.05. The van der Waals surface area contributed by atoms with Gasteiger partial charge in [0.2, 0.25) is 0 Å². The maximum absolute atomic E-state index is 11.2. The number of anilines is 1. The Labute approximate surface area is 115 Å². The van der Waals surface area contributed by atoms with Crippen LogP contribution in [0.1, 0.15) is 37.8 Å². The highest BCUT2D eigenvalue weighted by atomic mass is 16.4. The summed E-state index contributed by atoms with van der Waals surface area (Å²) in [6.07, 6.45) is 3.77. The quantitative estimate of drug-likeness (QED) is 0.905. The van der Waals surface area contributed by atoms with Crippen LogP contribution in [0.5, 0.6) is 0 Å². The van der Waals surface area contributed by atoms with Gasteiger partial charge in [-0.05, 0) is 36.8 Å². The van der Waals surface area contributed by atoms with E-state index in [1.807, 2.05) is 0 Å². The Morgan fingerprint density at radius 2 is 1.95 bits per heavy atom. The number of aryl methyl sites for hydroxylation is 2. The van der Waals surface area contributed by atoms with Gasteiger partial charge in [-0.3, -0.25) is 4.79 Å². The molecule has 1 aromatic rings. The molecular weight excluding hydrogens is 238 g/mol. The van der Waals surface area contributed by atoms with Gasteiger partial charge in [-0.2, -0.15) is 0 Å². The molecule has 104 valence electrons. The van der Waals surface area contributed by atoms with Gasteiger partial charge in [0, 0.05) is 18.8 Å². The predicted molar refractivity (Wildman–Crippen MR) is 77.8 cm³/mol. The summed E-state index contributed by atoms with van der Waals surface area (Å²) in [5.74, 6) is -0.875. The van der Waals surface area contributed by atoms with E-state index < -0.39 is 5.97 Å². The van der Waals surface area contributed by atoms with Gasteiger partial charge in [-0.1, -0.05) is 32.0 Å². The summed E-state index contributed by atoms with van der Waals surface area (Å²) in [6.45, 7) is 5.96. The minimum atomic E-state index is -0.656. The zero-order valence-corrected chi connectivity index (χ0v) is 11.9. The van der Waals surface area contributed by atoms with Crippen LogP contribution in [0.3, 0.4) is 0 Å². The molecule has 1 unspecified atom stereocenters. The molecule has 0 radical (unpaired) electrons. The maximum atomic E-state index is 11.2. The standard InChI is InChI=1S/C16H23NO2/c1-3-12-7-5-8-13(4-2)15(12)17-10-6-9-14(11-17)16(18)19/h5,7-8,14H,3-4,6,9-11H2,1-2H3,(H,18,19). The van der Waals surface area contributed by atoms with Crippen molar-refractivity contribution < 1.29 is 9.90 Å². The van der Waals surface area contributed by atoms with Crippen LogP contribution < -0.4 is 4.90 Å². The minimum Gasteiger partial charge on any atom is -0.481 e. The van der Waals surface area contributed by atoms with Crippen LogP contribution in [0.15, 0.2) is 18.2 Å². The number of nitrogens with zero attached hydrogens (tertiary/aromatic N) is 1. The predicted octanol–water partition coefficient (Wildman–Crippen LogP) is 3.11. The van der Waals surface area contributed by atoms with Crippen molar-refractivity contribution in [3.63, 3.8) is 0 Å². The van der Waals surface area contributed by atoms with Crippen molar-refractivity contribution in [3.05, 3.63) is 29.3 Å². The Hall–Kier alpha value is -1.51. The molecule has 0 saturated carbocycles. The van der Waals surface area contributed by atoms with E-state index in [0.29, 0.717) is 6.54 Å². The van der Waals surface area contributed by atoms with Crippen molar-refractivity contribution >= 4 is 11.7 Å². The van der Waals surface area contributed by atoms with Crippen molar-refractivity contribution in [2.45, 2.75) is 39.5 Å². The molecule has 19 heavy (non-hydrogen) atoms. The lowest BCUT2D eigenvalue weighted by Gasteiger charge is -2.35. The summed E-state index contributed by atoms with van der Waals surface area (Å²) in [6, 6.07) is 6.44. The highest BCUT2D eigenvalue weighted by Gasteiger charge is 2.27. The first-order valence-electron chi connectivity index (χ1n) is 7.25. The average Bonchev–Trinajstić information content (AvgIpc) is 2.46. The summed E-state index contributed by atoms with van der Waals surface area (Å²) >= 11 is 0. The lowest BCUT2D eigenvalue weighted by atomic mass is 9.94. The van der Waals surface area contributed by atoms with E-state index in [-0.39, 0.29) is 5.92 Å². The lowest BCUT2D eigenvalue weighted by molar-refractivity contribution is -0.141. The Morgan fingerprint density at radius 1 is 1.32 bits per heavy atom. The topological polar surface area (TPSA) is 40.5 Å². The summed E-state index contributed by atoms with van der Waals surface area (Å²) in [5.41, 5.74) is 3.97. The number of carboxylic acid groups (broad SMARTS) is 1. The van der Waals surface area contributed by atoms with Gasteiger partial charge in [0.1, 0.15) is 0 Å². The molecule has 1 aliphatic heterocycles. The SMILES string of the molecule is CCc1cccc(CC)c1N1CCCC(C(=O)O)C1. The molecule has 1 heterocycles. The first-order valence-corrected chi connectivity index (χ1v) is 7.25. The van der Waals surface area contributed by atoms with Crippen LogP contribution in [0.4, 0.5) is 5.69 Å². The third-order valence-electron chi connectivity index (χ3n) is 4.05. The van der Waals surface area contributed by atoms with E-state index >= 15 is 0 Å². The normalized spacial score (nSPS) is 19.5. The van der Waals surface area contributed by atoms with Crippen LogP contribution in [-0.4, -0.2) is 24.2 Å². The molecule has 0 aromatic heterocycles. The van der Waals surface area contributed by atoms with Gasteiger partial charge < -0.3 is 10.0 Å². The van der Waals surface area contributed by atoms with E-state index in [1.54, 1.807) is 0 Å². The fourth-order valence-electron chi connectivity index (χ4n) is 3.00. The highest BCUT2D eigenvalue weighted by molar-refractivity contribution is 5.72. The van der Waals surface area contributed by atoms with Crippen molar-refractivity contribution in [1.29, 1.82) is 0 Å². The van der Waals surface area contributed by atoms with Gasteiger partial charge in [-0.25, -0.2) is 0 Å². The molecule has 1 saturated heterocycles. The molecular formula is C16H23NO2. The van der Waals surface area contributed by atoms with Crippen molar-refractivity contribution in [1.82, 2.24) is 0 Å². The minimum absolute atomic E-state index is 0.219. The molecule has 0 bridgehead atoms. The fraction of sp³-hybridized carbons (Fsp3) is 0.562. The van der Waals surface area contributed by atoms with E-state index in [0.717, 1.165) is 32.2 Å². The number of carbonyl (C=O) groups is 1. The van der Waals surface area contributed by atoms with Crippen molar-refractivity contribution in [2.24, 2.45) is 5.92 Å². The Balaban J connectivity index is 2.32. The first kappa shape index (κ1) is 13.9. The van der Waals surface area contributed by atoms with Gasteiger partial charge in [0.25, 0.3) is 0 Å². The Kier molecular flexibility index (Phi) is 4.46. The number of carboxylic acids is 1. The van der Waals surface area contributed by atoms with Crippen LogP contribution in [0, 0.1) is 5.92 Å². The Bertz CT molecular complexity index is 434. The number of hydrogen-bond acceptors (Lipinski definition) is 2. The first-order chi connectivity index (χ1) is 9.17. The van der Waals surface area contributed by atoms with Gasteiger partial charge in [-0.15, -0.1) is 0 Å². The van der Waals surface area contributed by atoms with Gasteiger partial charge >= 0.3 is 5.97 Å². The highest BCUT2D eigenvalue weighted by Crippen LogP contribution is 2.30. The number of hydrogen-bond donors (Lipinski definition) is 1. The number of para-hydroxylation sites is 1. The lowest BCUT2D eigenvalue weighted by Crippen LogP contribution is -2.39. The molecule has 2 rings (SSSR count). The molecule has 0 amide bonds. The molecule has 1 fully saturated rings. The number of piperidine rings is 1. The average molecular weight is 261 g/mol. The second-order valence-corrected chi connectivity index (χ2v) is 5.26. The second-order valence-electron chi connectivity index (χ2n) is 5.26. The van der Waals surface area contributed by atoms with E-state index in [4.69, 9.17) is 0 Å². The van der Waals surface area contributed by atoms with Crippen molar-refractivity contribution in [3.8, 4) is 0 Å². The molecule has 3 heteroatoms. The number of rotatable bonds is 4. The molecule has 0 spiro atoms. The van der Waals surface area contributed by atoms with Crippen molar-refractivity contribution in [2.75, 3.05) is 18.0 Å². The smallest absolute Gasteiger partial charge is 0.308 e. The monoisotopic (exact) mass is 261 g/mol. The van der Waals surface area contributed by atoms with Gasteiger partial charge in [0.05, 0.1) is 5.92 Å². The van der Waals surface area contributed by atoms with Crippen LogP contribution in [0.2, 0.25) is 0 Å². The summed E-state index contributed by atoms with van der Waals surface area (Å²) in [7, 11) is 0. The largest absolute Gasteiger partial charge is 0.481 e. The van der Waals surface area contributed by atoms with Crippen LogP contribution in [-0.2, 0) is 17.6 Å². The van der Waals surface area contributed by atoms with Crippen LogP contribution in [0.25, 0.3) is 0 Å².